The number of amides is 1. The smallest absolute Gasteiger partial charge is 0.243 e. The summed E-state index contributed by atoms with van der Waals surface area (Å²) in [5, 5.41) is 6.07. The number of rotatable bonds is 8. The van der Waals surface area contributed by atoms with Crippen molar-refractivity contribution in [3.8, 4) is 0 Å². The maximum absolute atomic E-state index is 13.0. The van der Waals surface area contributed by atoms with Crippen molar-refractivity contribution in [2.45, 2.75) is 11.8 Å². The van der Waals surface area contributed by atoms with Crippen LogP contribution in [0.2, 0.25) is 0 Å². The number of ether oxygens (including phenoxy) is 1. The van der Waals surface area contributed by atoms with Gasteiger partial charge in [-0.25, -0.2) is 12.8 Å². The quantitative estimate of drug-likeness (QED) is 0.753. The topological polar surface area (TPSA) is 102 Å². The van der Waals surface area contributed by atoms with Crippen LogP contribution in [0.3, 0.4) is 0 Å². The molecule has 0 aliphatic heterocycles. The zero-order chi connectivity index (χ0) is 18.4. The molecule has 25 heavy (non-hydrogen) atoms. The van der Waals surface area contributed by atoms with Gasteiger partial charge >= 0.3 is 0 Å². The number of nitrogens with zero attached hydrogens (tertiary/aromatic N) is 2. The van der Waals surface area contributed by atoms with Crippen LogP contribution >= 0.6 is 0 Å². The maximum Gasteiger partial charge on any atom is 0.243 e. The van der Waals surface area contributed by atoms with Gasteiger partial charge in [0.2, 0.25) is 15.9 Å². The van der Waals surface area contributed by atoms with Crippen LogP contribution in [0.15, 0.2) is 39.8 Å². The number of sulfonamides is 1. The highest BCUT2D eigenvalue weighted by Crippen LogP contribution is 2.16. The van der Waals surface area contributed by atoms with E-state index in [1.165, 1.54) is 13.2 Å². The molecule has 0 spiro atoms. The van der Waals surface area contributed by atoms with Crippen LogP contribution in [0.1, 0.15) is 5.76 Å². The van der Waals surface area contributed by atoms with Crippen molar-refractivity contribution in [3.63, 3.8) is 0 Å². The van der Waals surface area contributed by atoms with Crippen molar-refractivity contribution in [1.82, 2.24) is 9.46 Å². The molecule has 1 amide bonds. The van der Waals surface area contributed by atoms with Gasteiger partial charge in [0.25, 0.3) is 0 Å². The van der Waals surface area contributed by atoms with E-state index in [-0.39, 0.29) is 23.9 Å². The SMILES string of the molecule is COCCN(CC(=O)Nc1cc(C)on1)S(=O)(=O)c1ccc(F)cc1. The summed E-state index contributed by atoms with van der Waals surface area (Å²) in [5.41, 5.74) is 0. The van der Waals surface area contributed by atoms with Gasteiger partial charge in [0.1, 0.15) is 11.6 Å². The van der Waals surface area contributed by atoms with Crippen LogP contribution in [0.4, 0.5) is 10.2 Å². The van der Waals surface area contributed by atoms with Crippen molar-refractivity contribution in [3.05, 3.63) is 41.9 Å². The third kappa shape index (κ3) is 5.08. The summed E-state index contributed by atoms with van der Waals surface area (Å²) in [4.78, 5) is 12.0. The van der Waals surface area contributed by atoms with Gasteiger partial charge in [-0.15, -0.1) is 0 Å². The van der Waals surface area contributed by atoms with Crippen molar-refractivity contribution >= 4 is 21.7 Å². The lowest BCUT2D eigenvalue weighted by molar-refractivity contribution is -0.116. The Hall–Kier alpha value is -2.30. The van der Waals surface area contributed by atoms with E-state index in [0.717, 1.165) is 28.6 Å². The first-order valence-corrected chi connectivity index (χ1v) is 8.75. The Balaban J connectivity index is 2.16. The fourth-order valence-electron chi connectivity index (χ4n) is 2.00. The molecule has 0 unspecified atom stereocenters. The molecule has 0 radical (unpaired) electrons. The Labute approximate surface area is 144 Å². The Morgan fingerprint density at radius 2 is 2.04 bits per heavy atom. The summed E-state index contributed by atoms with van der Waals surface area (Å²) in [6.07, 6.45) is 0. The fraction of sp³-hybridized carbons (Fsp3) is 0.333. The predicted molar refractivity (Wildman–Crippen MR) is 86.9 cm³/mol. The summed E-state index contributed by atoms with van der Waals surface area (Å²) in [6.45, 7) is 1.26. The van der Waals surface area contributed by atoms with E-state index in [1.807, 2.05) is 0 Å². The zero-order valence-corrected chi connectivity index (χ0v) is 14.5. The van der Waals surface area contributed by atoms with Crippen LogP contribution in [-0.2, 0) is 19.6 Å². The van der Waals surface area contributed by atoms with E-state index >= 15 is 0 Å². The highest BCUT2D eigenvalue weighted by atomic mass is 32.2. The highest BCUT2D eigenvalue weighted by molar-refractivity contribution is 7.89. The minimum Gasteiger partial charge on any atom is -0.383 e. The number of hydrogen-bond donors (Lipinski definition) is 1. The molecule has 1 aromatic heterocycles. The molecule has 0 bridgehead atoms. The Morgan fingerprint density at radius 1 is 1.36 bits per heavy atom. The molecule has 0 aliphatic carbocycles. The van der Waals surface area contributed by atoms with Crippen molar-refractivity contribution in [2.24, 2.45) is 0 Å². The standard InChI is InChI=1S/C15H18FN3O5S/c1-11-9-14(18-24-11)17-15(20)10-19(7-8-23-2)25(21,22)13-5-3-12(16)4-6-13/h3-6,9H,7-8,10H2,1-2H3,(H,17,18,20). The van der Waals surface area contributed by atoms with E-state index in [4.69, 9.17) is 9.26 Å². The van der Waals surface area contributed by atoms with Gasteiger partial charge in [0.05, 0.1) is 18.0 Å². The van der Waals surface area contributed by atoms with Crippen LogP contribution in [0.5, 0.6) is 0 Å². The number of anilines is 1. The second kappa shape index (κ2) is 8.19. The molecular formula is C15H18FN3O5S. The largest absolute Gasteiger partial charge is 0.383 e. The number of aryl methyl sites for hydroxylation is 1. The van der Waals surface area contributed by atoms with Crippen molar-refractivity contribution in [2.75, 3.05) is 32.1 Å². The Kier molecular flexibility index (Phi) is 6.23. The molecule has 1 heterocycles. The number of aromatic nitrogens is 1. The second-order valence-corrected chi connectivity index (χ2v) is 7.09. The molecule has 0 saturated heterocycles. The number of hydrogen-bond acceptors (Lipinski definition) is 6. The summed E-state index contributed by atoms with van der Waals surface area (Å²) < 4.78 is 49.1. The maximum atomic E-state index is 13.0. The lowest BCUT2D eigenvalue weighted by Gasteiger charge is -2.21. The summed E-state index contributed by atoms with van der Waals surface area (Å²) in [6, 6.07) is 5.87. The van der Waals surface area contributed by atoms with Gasteiger partial charge in [0, 0.05) is 19.7 Å². The molecule has 1 aromatic carbocycles. The molecule has 1 N–H and O–H groups in total. The molecule has 0 fully saturated rings. The Bertz CT molecular complexity index is 820. The van der Waals surface area contributed by atoms with Crippen LogP contribution in [-0.4, -0.2) is 50.6 Å². The molecule has 0 saturated carbocycles. The van der Waals surface area contributed by atoms with Crippen LogP contribution < -0.4 is 5.32 Å². The van der Waals surface area contributed by atoms with Gasteiger partial charge < -0.3 is 14.6 Å². The third-order valence-corrected chi connectivity index (χ3v) is 5.07. The predicted octanol–water partition coefficient (Wildman–Crippen LogP) is 1.40. The molecule has 136 valence electrons. The van der Waals surface area contributed by atoms with Crippen LogP contribution in [0.25, 0.3) is 0 Å². The first-order chi connectivity index (χ1) is 11.8. The van der Waals surface area contributed by atoms with Crippen molar-refractivity contribution in [1.29, 1.82) is 0 Å². The average Bonchev–Trinajstić information content (AvgIpc) is 2.96. The molecule has 10 heteroatoms. The van der Waals surface area contributed by atoms with E-state index in [1.54, 1.807) is 6.92 Å². The van der Waals surface area contributed by atoms with E-state index in [0.29, 0.717) is 5.76 Å². The van der Waals surface area contributed by atoms with E-state index in [9.17, 15) is 17.6 Å². The van der Waals surface area contributed by atoms with Gasteiger partial charge in [-0.2, -0.15) is 4.31 Å². The number of methoxy groups -OCH3 is 1. The molecular weight excluding hydrogens is 353 g/mol. The van der Waals surface area contributed by atoms with Gasteiger partial charge in [-0.3, -0.25) is 4.79 Å². The number of carbonyl (C=O) groups is 1. The normalized spacial score (nSPS) is 11.7. The third-order valence-electron chi connectivity index (χ3n) is 3.21. The minimum absolute atomic E-state index is 0.0402. The molecule has 2 aromatic rings. The number of benzene rings is 1. The summed E-state index contributed by atoms with van der Waals surface area (Å²) in [5.74, 6) is -0.449. The lowest BCUT2D eigenvalue weighted by Crippen LogP contribution is -2.40. The first-order valence-electron chi connectivity index (χ1n) is 7.31. The van der Waals surface area contributed by atoms with Crippen LogP contribution in [0, 0.1) is 12.7 Å². The highest BCUT2D eigenvalue weighted by Gasteiger charge is 2.26. The molecule has 8 nitrogen and oxygen atoms in total. The van der Waals surface area contributed by atoms with Gasteiger partial charge in [-0.1, -0.05) is 5.16 Å². The summed E-state index contributed by atoms with van der Waals surface area (Å²) >= 11 is 0. The molecule has 0 aliphatic rings. The van der Waals surface area contributed by atoms with Crippen molar-refractivity contribution < 1.29 is 26.9 Å². The minimum atomic E-state index is -3.99. The van der Waals surface area contributed by atoms with E-state index in [2.05, 4.69) is 10.5 Å². The first kappa shape index (κ1) is 19.0. The number of halogens is 1. The number of nitrogens with one attached hydrogen (secondary N) is 1. The lowest BCUT2D eigenvalue weighted by atomic mass is 10.4. The number of carbonyl (C=O) groups excluding carboxylic acids is 1. The Morgan fingerprint density at radius 3 is 2.60 bits per heavy atom. The molecule has 2 rings (SSSR count). The van der Waals surface area contributed by atoms with Gasteiger partial charge in [0.15, 0.2) is 5.82 Å². The average molecular weight is 371 g/mol. The van der Waals surface area contributed by atoms with Gasteiger partial charge in [-0.05, 0) is 31.2 Å². The summed E-state index contributed by atoms with van der Waals surface area (Å²) in [7, 11) is -2.57. The zero-order valence-electron chi connectivity index (χ0n) is 13.7. The fourth-order valence-corrected chi connectivity index (χ4v) is 3.38. The monoisotopic (exact) mass is 371 g/mol. The van der Waals surface area contributed by atoms with E-state index < -0.39 is 28.3 Å². The second-order valence-electron chi connectivity index (χ2n) is 5.16. The molecule has 0 atom stereocenters.